The van der Waals surface area contributed by atoms with E-state index >= 15 is 0 Å². The van der Waals surface area contributed by atoms with E-state index in [1.165, 1.54) is 30.4 Å². The third kappa shape index (κ3) is 1.95. The summed E-state index contributed by atoms with van der Waals surface area (Å²) in [6.45, 7) is 2.11. The number of aryl methyl sites for hydroxylation is 1. The zero-order valence-electron chi connectivity index (χ0n) is 10.6. The van der Waals surface area contributed by atoms with Crippen LogP contribution in [0.25, 0.3) is 0 Å². The van der Waals surface area contributed by atoms with Gasteiger partial charge >= 0.3 is 0 Å². The van der Waals surface area contributed by atoms with Gasteiger partial charge in [-0.25, -0.2) is 0 Å². The average Bonchev–Trinajstić information content (AvgIpc) is 2.95. The number of ether oxygens (including phenoxy) is 1. The Morgan fingerprint density at radius 1 is 1.24 bits per heavy atom. The van der Waals surface area contributed by atoms with Crippen LogP contribution in [-0.2, 0) is 0 Å². The second-order valence-electron chi connectivity index (χ2n) is 5.76. The molecule has 3 atom stereocenters. The molecule has 0 spiro atoms. The molecule has 0 amide bonds. The monoisotopic (exact) mass is 231 g/mol. The summed E-state index contributed by atoms with van der Waals surface area (Å²) >= 11 is 0. The molecule has 0 aromatic heterocycles. The number of hydrogen-bond donors (Lipinski definition) is 1. The second kappa shape index (κ2) is 4.02. The van der Waals surface area contributed by atoms with Crippen molar-refractivity contribution >= 4 is 0 Å². The van der Waals surface area contributed by atoms with Crippen molar-refractivity contribution in [2.24, 2.45) is 23.5 Å². The molecule has 2 fully saturated rings. The van der Waals surface area contributed by atoms with Gasteiger partial charge in [-0.1, -0.05) is 17.7 Å². The van der Waals surface area contributed by atoms with E-state index in [2.05, 4.69) is 19.1 Å². The van der Waals surface area contributed by atoms with Crippen molar-refractivity contribution in [1.82, 2.24) is 0 Å². The highest BCUT2D eigenvalue weighted by Crippen LogP contribution is 2.57. The van der Waals surface area contributed by atoms with Crippen LogP contribution in [0.2, 0.25) is 0 Å². The van der Waals surface area contributed by atoms with Gasteiger partial charge in [0.05, 0.1) is 7.11 Å². The zero-order valence-corrected chi connectivity index (χ0v) is 10.6. The maximum absolute atomic E-state index is 6.45. The van der Waals surface area contributed by atoms with Crippen LogP contribution in [0.3, 0.4) is 0 Å². The summed E-state index contributed by atoms with van der Waals surface area (Å²) in [7, 11) is 1.73. The normalized spacial score (nSPS) is 32.1. The van der Waals surface area contributed by atoms with E-state index in [4.69, 9.17) is 10.5 Å². The minimum atomic E-state index is 0.151. The average molecular weight is 231 g/mol. The lowest BCUT2D eigenvalue weighted by molar-refractivity contribution is 0.371. The van der Waals surface area contributed by atoms with E-state index in [1.807, 2.05) is 6.07 Å². The molecule has 0 heterocycles. The Hall–Kier alpha value is -1.02. The van der Waals surface area contributed by atoms with Crippen molar-refractivity contribution in [2.75, 3.05) is 7.11 Å². The van der Waals surface area contributed by atoms with E-state index < -0.39 is 0 Å². The molecule has 2 aliphatic carbocycles. The van der Waals surface area contributed by atoms with Crippen LogP contribution >= 0.6 is 0 Å². The van der Waals surface area contributed by atoms with Gasteiger partial charge in [0.1, 0.15) is 5.75 Å². The standard InChI is InChI=1S/C15H21NO/c1-9-3-4-14(17-2)13(5-9)15(16)12-7-10-6-11(10)8-12/h3-5,10-12,15H,6-8,16H2,1-2H3. The molecule has 0 bridgehead atoms. The largest absolute Gasteiger partial charge is 0.496 e. The summed E-state index contributed by atoms with van der Waals surface area (Å²) in [5.41, 5.74) is 8.91. The number of nitrogens with two attached hydrogens (primary N) is 1. The summed E-state index contributed by atoms with van der Waals surface area (Å²) in [6, 6.07) is 6.46. The lowest BCUT2D eigenvalue weighted by Gasteiger charge is -2.23. The van der Waals surface area contributed by atoms with E-state index in [0.717, 1.165) is 17.6 Å². The van der Waals surface area contributed by atoms with Crippen LogP contribution in [0.4, 0.5) is 0 Å². The number of methoxy groups -OCH3 is 1. The fourth-order valence-corrected chi connectivity index (χ4v) is 3.42. The number of benzene rings is 1. The topological polar surface area (TPSA) is 35.2 Å². The molecule has 2 N–H and O–H groups in total. The third-order valence-electron chi connectivity index (χ3n) is 4.53. The predicted molar refractivity (Wildman–Crippen MR) is 69.0 cm³/mol. The fourth-order valence-electron chi connectivity index (χ4n) is 3.42. The van der Waals surface area contributed by atoms with E-state index in [9.17, 15) is 0 Å². The Morgan fingerprint density at radius 2 is 1.94 bits per heavy atom. The summed E-state index contributed by atoms with van der Waals surface area (Å²) in [4.78, 5) is 0. The first-order valence-corrected chi connectivity index (χ1v) is 6.59. The summed E-state index contributed by atoms with van der Waals surface area (Å²) in [5.74, 6) is 3.59. The Morgan fingerprint density at radius 3 is 2.59 bits per heavy atom. The maximum Gasteiger partial charge on any atom is 0.123 e. The van der Waals surface area contributed by atoms with Crippen LogP contribution < -0.4 is 10.5 Å². The maximum atomic E-state index is 6.45. The van der Waals surface area contributed by atoms with Gasteiger partial charge in [-0.3, -0.25) is 0 Å². The van der Waals surface area contributed by atoms with Gasteiger partial charge in [0.15, 0.2) is 0 Å². The van der Waals surface area contributed by atoms with E-state index in [-0.39, 0.29) is 6.04 Å². The third-order valence-corrected chi connectivity index (χ3v) is 4.53. The van der Waals surface area contributed by atoms with Crippen LogP contribution in [0, 0.1) is 24.7 Å². The first-order valence-electron chi connectivity index (χ1n) is 6.59. The molecule has 0 radical (unpaired) electrons. The molecule has 2 aliphatic rings. The lowest BCUT2D eigenvalue weighted by Crippen LogP contribution is -2.21. The molecule has 3 unspecified atom stereocenters. The molecule has 2 heteroatoms. The number of rotatable bonds is 3. The van der Waals surface area contributed by atoms with E-state index in [0.29, 0.717) is 5.92 Å². The Kier molecular flexibility index (Phi) is 2.62. The Labute approximate surface area is 103 Å². The molecule has 3 rings (SSSR count). The van der Waals surface area contributed by atoms with Gasteiger partial charge in [0.2, 0.25) is 0 Å². The van der Waals surface area contributed by atoms with Crippen molar-refractivity contribution in [1.29, 1.82) is 0 Å². The molecule has 92 valence electrons. The predicted octanol–water partition coefficient (Wildman–Crippen LogP) is 3.05. The summed E-state index contributed by atoms with van der Waals surface area (Å²) in [5, 5.41) is 0. The van der Waals surface area contributed by atoms with Crippen LogP contribution in [0.5, 0.6) is 5.75 Å². The number of fused-ring (bicyclic) bond motifs is 1. The lowest BCUT2D eigenvalue weighted by atomic mass is 9.89. The molecule has 0 saturated heterocycles. The summed E-state index contributed by atoms with van der Waals surface area (Å²) in [6.07, 6.45) is 4.10. The van der Waals surface area contributed by atoms with Gasteiger partial charge in [0.25, 0.3) is 0 Å². The highest BCUT2D eigenvalue weighted by atomic mass is 16.5. The SMILES string of the molecule is COc1ccc(C)cc1C(N)C1CC2CC2C1. The van der Waals surface area contributed by atoms with Crippen molar-refractivity contribution in [2.45, 2.75) is 32.2 Å². The van der Waals surface area contributed by atoms with Crippen molar-refractivity contribution in [3.63, 3.8) is 0 Å². The first kappa shape index (κ1) is 11.1. The Balaban J connectivity index is 1.84. The summed E-state index contributed by atoms with van der Waals surface area (Å²) < 4.78 is 5.44. The van der Waals surface area contributed by atoms with Gasteiger partial charge in [-0.2, -0.15) is 0 Å². The second-order valence-corrected chi connectivity index (χ2v) is 5.76. The molecule has 1 aromatic rings. The Bertz CT molecular complexity index is 419. The van der Waals surface area contributed by atoms with Crippen LogP contribution in [-0.4, -0.2) is 7.11 Å². The highest BCUT2D eigenvalue weighted by Gasteiger charge is 2.47. The smallest absolute Gasteiger partial charge is 0.123 e. The van der Waals surface area contributed by atoms with Gasteiger partial charge in [0, 0.05) is 11.6 Å². The first-order chi connectivity index (χ1) is 8.19. The number of hydrogen-bond acceptors (Lipinski definition) is 2. The zero-order chi connectivity index (χ0) is 12.0. The van der Waals surface area contributed by atoms with Gasteiger partial charge in [-0.05, 0) is 50.0 Å². The molecule has 2 saturated carbocycles. The van der Waals surface area contributed by atoms with Gasteiger partial charge in [-0.15, -0.1) is 0 Å². The van der Waals surface area contributed by atoms with Crippen molar-refractivity contribution < 1.29 is 4.74 Å². The van der Waals surface area contributed by atoms with E-state index in [1.54, 1.807) is 7.11 Å². The molecule has 0 aliphatic heterocycles. The van der Waals surface area contributed by atoms with Crippen molar-refractivity contribution in [3.8, 4) is 5.75 Å². The van der Waals surface area contributed by atoms with Gasteiger partial charge < -0.3 is 10.5 Å². The fraction of sp³-hybridized carbons (Fsp3) is 0.600. The molecular formula is C15H21NO. The molecular weight excluding hydrogens is 210 g/mol. The minimum absolute atomic E-state index is 0.151. The quantitative estimate of drug-likeness (QED) is 0.867. The van der Waals surface area contributed by atoms with Crippen LogP contribution in [0.1, 0.15) is 36.4 Å². The molecule has 1 aromatic carbocycles. The highest BCUT2D eigenvalue weighted by molar-refractivity contribution is 5.39. The minimum Gasteiger partial charge on any atom is -0.496 e. The molecule has 17 heavy (non-hydrogen) atoms. The van der Waals surface area contributed by atoms with Crippen LogP contribution in [0.15, 0.2) is 18.2 Å². The molecule has 2 nitrogen and oxygen atoms in total. The van der Waals surface area contributed by atoms with Crippen molar-refractivity contribution in [3.05, 3.63) is 29.3 Å².